The van der Waals surface area contributed by atoms with Gasteiger partial charge in [-0.3, -0.25) is 9.59 Å². The normalized spacial score (nSPS) is 10.1. The van der Waals surface area contributed by atoms with E-state index in [-0.39, 0.29) is 13.2 Å². The highest BCUT2D eigenvalue weighted by molar-refractivity contribution is 6.80. The zero-order valence-electron chi connectivity index (χ0n) is 12.0. The van der Waals surface area contributed by atoms with Gasteiger partial charge in [0.05, 0.1) is 13.2 Å². The molecule has 0 aliphatic heterocycles. The van der Waals surface area contributed by atoms with Gasteiger partial charge in [-0.25, -0.2) is 9.59 Å². The molecular weight excluding hydrogens is 339 g/mol. The van der Waals surface area contributed by atoms with Crippen molar-refractivity contribution in [3.63, 3.8) is 0 Å². The first kappa shape index (κ1) is 20.8. The van der Waals surface area contributed by atoms with E-state index < -0.39 is 22.4 Å². The molecule has 0 aliphatic carbocycles. The molecule has 0 bridgehead atoms. The summed E-state index contributed by atoms with van der Waals surface area (Å²) < 4.78 is 14.5. The lowest BCUT2D eigenvalue weighted by molar-refractivity contribution is -0.150. The SMILES string of the molecule is O=C(Cl)C(=O)OCCCCCOCCCCOC(=O)C(=O)Cl. The van der Waals surface area contributed by atoms with Gasteiger partial charge in [0, 0.05) is 13.2 Å². The molecule has 0 fully saturated rings. The van der Waals surface area contributed by atoms with Crippen molar-refractivity contribution in [2.24, 2.45) is 0 Å². The third-order valence-electron chi connectivity index (χ3n) is 2.40. The average Bonchev–Trinajstić information content (AvgIpc) is 2.47. The lowest BCUT2D eigenvalue weighted by Crippen LogP contribution is -2.13. The maximum absolute atomic E-state index is 10.7. The van der Waals surface area contributed by atoms with E-state index in [0.717, 1.165) is 12.8 Å². The first-order valence-electron chi connectivity index (χ1n) is 6.76. The number of rotatable bonds is 13. The fourth-order valence-electron chi connectivity index (χ4n) is 1.33. The van der Waals surface area contributed by atoms with Crippen molar-refractivity contribution < 1.29 is 33.4 Å². The molecule has 0 radical (unpaired) electrons. The minimum Gasteiger partial charge on any atom is -0.459 e. The number of hydrogen-bond acceptors (Lipinski definition) is 7. The summed E-state index contributed by atoms with van der Waals surface area (Å²) in [5.74, 6) is -2.08. The Hall–Kier alpha value is -1.18. The smallest absolute Gasteiger partial charge is 0.391 e. The van der Waals surface area contributed by atoms with E-state index in [0.29, 0.717) is 32.5 Å². The lowest BCUT2D eigenvalue weighted by atomic mass is 10.2. The number of carbonyl (C=O) groups excluding carboxylic acids is 4. The highest BCUT2D eigenvalue weighted by Crippen LogP contribution is 1.99. The third-order valence-corrected chi connectivity index (χ3v) is 2.71. The molecule has 0 N–H and O–H groups in total. The fraction of sp³-hybridized carbons (Fsp3) is 0.692. The van der Waals surface area contributed by atoms with E-state index in [1.807, 2.05) is 0 Å². The molecule has 0 aromatic heterocycles. The van der Waals surface area contributed by atoms with Crippen LogP contribution in [-0.2, 0) is 33.4 Å². The number of hydrogen-bond donors (Lipinski definition) is 0. The van der Waals surface area contributed by atoms with Crippen molar-refractivity contribution in [2.45, 2.75) is 32.1 Å². The summed E-state index contributed by atoms with van der Waals surface area (Å²) >= 11 is 9.82. The molecule has 7 nitrogen and oxygen atoms in total. The van der Waals surface area contributed by atoms with Crippen LogP contribution < -0.4 is 0 Å². The van der Waals surface area contributed by atoms with Gasteiger partial charge in [0.2, 0.25) is 0 Å². The Balaban J connectivity index is 3.21. The number of carbonyl (C=O) groups is 4. The van der Waals surface area contributed by atoms with Crippen LogP contribution >= 0.6 is 23.2 Å². The lowest BCUT2D eigenvalue weighted by Gasteiger charge is -2.05. The zero-order chi connectivity index (χ0) is 16.8. The molecule has 9 heteroatoms. The Morgan fingerprint density at radius 1 is 0.591 bits per heavy atom. The predicted octanol–water partition coefficient (Wildman–Crippen LogP) is 1.57. The van der Waals surface area contributed by atoms with Gasteiger partial charge < -0.3 is 14.2 Å². The molecule has 0 aromatic rings. The summed E-state index contributed by atoms with van der Waals surface area (Å²) in [4.78, 5) is 42.1. The largest absolute Gasteiger partial charge is 0.459 e. The first-order chi connectivity index (χ1) is 10.4. The number of unbranched alkanes of at least 4 members (excludes halogenated alkanes) is 3. The maximum atomic E-state index is 10.7. The molecule has 0 spiro atoms. The Labute approximate surface area is 138 Å². The minimum atomic E-state index is -1.13. The van der Waals surface area contributed by atoms with Gasteiger partial charge in [-0.05, 0) is 55.3 Å². The average molecular weight is 357 g/mol. The molecule has 126 valence electrons. The minimum absolute atomic E-state index is 0.130. The molecule has 0 amide bonds. The Morgan fingerprint density at radius 2 is 0.955 bits per heavy atom. The van der Waals surface area contributed by atoms with Gasteiger partial charge in [-0.2, -0.15) is 0 Å². The van der Waals surface area contributed by atoms with Gasteiger partial charge >= 0.3 is 22.4 Å². The Morgan fingerprint density at radius 3 is 1.41 bits per heavy atom. The van der Waals surface area contributed by atoms with Crippen molar-refractivity contribution in [3.8, 4) is 0 Å². The summed E-state index contributed by atoms with van der Waals surface area (Å²) in [7, 11) is 0. The van der Waals surface area contributed by atoms with Crippen molar-refractivity contribution in [1.29, 1.82) is 0 Å². The second kappa shape index (κ2) is 13.5. The molecule has 0 aliphatic rings. The summed E-state index contributed by atoms with van der Waals surface area (Å²) in [6.07, 6.45) is 3.49. The van der Waals surface area contributed by atoms with Crippen LogP contribution in [0.3, 0.4) is 0 Å². The van der Waals surface area contributed by atoms with Crippen LogP contribution in [0.25, 0.3) is 0 Å². The zero-order valence-corrected chi connectivity index (χ0v) is 13.5. The summed E-state index contributed by atoms with van der Waals surface area (Å²) in [6.45, 7) is 1.36. The van der Waals surface area contributed by atoms with Crippen LogP contribution in [0.2, 0.25) is 0 Å². The molecule has 0 atom stereocenters. The first-order valence-corrected chi connectivity index (χ1v) is 7.51. The molecule has 0 rings (SSSR count). The van der Waals surface area contributed by atoms with Gasteiger partial charge in [0.15, 0.2) is 0 Å². The van der Waals surface area contributed by atoms with Crippen molar-refractivity contribution >= 4 is 45.6 Å². The molecule has 0 saturated heterocycles. The molecule has 0 heterocycles. The van der Waals surface area contributed by atoms with Crippen LogP contribution in [0.15, 0.2) is 0 Å². The van der Waals surface area contributed by atoms with Crippen molar-refractivity contribution in [2.75, 3.05) is 26.4 Å². The van der Waals surface area contributed by atoms with E-state index in [1.165, 1.54) is 0 Å². The van der Waals surface area contributed by atoms with Gasteiger partial charge in [0.1, 0.15) is 0 Å². The second-order valence-electron chi connectivity index (χ2n) is 4.20. The van der Waals surface area contributed by atoms with E-state index in [1.54, 1.807) is 0 Å². The predicted molar refractivity (Wildman–Crippen MR) is 77.5 cm³/mol. The molecule has 0 saturated carbocycles. The molecule has 22 heavy (non-hydrogen) atoms. The van der Waals surface area contributed by atoms with Gasteiger partial charge in [-0.1, -0.05) is 0 Å². The second-order valence-corrected chi connectivity index (χ2v) is 4.89. The highest BCUT2D eigenvalue weighted by atomic mass is 35.5. The van der Waals surface area contributed by atoms with Crippen LogP contribution in [-0.4, -0.2) is 48.9 Å². The summed E-state index contributed by atoms with van der Waals surface area (Å²) in [6, 6.07) is 0. The number of halogens is 2. The van der Waals surface area contributed by atoms with Crippen LogP contribution in [0.4, 0.5) is 0 Å². The van der Waals surface area contributed by atoms with Crippen molar-refractivity contribution in [3.05, 3.63) is 0 Å². The number of esters is 2. The Kier molecular flexibility index (Phi) is 12.8. The number of ether oxygens (including phenoxy) is 3. The van der Waals surface area contributed by atoms with Crippen molar-refractivity contribution in [1.82, 2.24) is 0 Å². The van der Waals surface area contributed by atoms with E-state index in [2.05, 4.69) is 9.47 Å². The van der Waals surface area contributed by atoms with Crippen LogP contribution in [0.5, 0.6) is 0 Å². The molecule has 0 unspecified atom stereocenters. The Bertz CT molecular complexity index is 349. The van der Waals surface area contributed by atoms with Gasteiger partial charge in [-0.15, -0.1) is 0 Å². The molecule has 0 aromatic carbocycles. The van der Waals surface area contributed by atoms with E-state index in [9.17, 15) is 19.2 Å². The fourth-order valence-corrected chi connectivity index (χ4v) is 1.44. The monoisotopic (exact) mass is 356 g/mol. The molecular formula is C13H18Cl2O7. The van der Waals surface area contributed by atoms with E-state index in [4.69, 9.17) is 27.9 Å². The third kappa shape index (κ3) is 12.6. The van der Waals surface area contributed by atoms with Crippen LogP contribution in [0.1, 0.15) is 32.1 Å². The maximum Gasteiger partial charge on any atom is 0.391 e. The topological polar surface area (TPSA) is 96.0 Å². The van der Waals surface area contributed by atoms with Gasteiger partial charge in [0.25, 0.3) is 0 Å². The highest BCUT2D eigenvalue weighted by Gasteiger charge is 2.11. The summed E-state index contributed by atoms with van der Waals surface area (Å²) in [5, 5.41) is -2.25. The summed E-state index contributed by atoms with van der Waals surface area (Å²) in [5.41, 5.74) is 0. The quantitative estimate of drug-likeness (QED) is 0.214. The van der Waals surface area contributed by atoms with E-state index >= 15 is 0 Å². The van der Waals surface area contributed by atoms with Crippen LogP contribution in [0, 0.1) is 0 Å². The standard InChI is InChI=1S/C13H18Cl2O7/c14-10(16)12(18)21-8-3-1-2-6-20-7-4-5-9-22-13(19)11(15)17/h1-9H2.